The Hall–Kier alpha value is -4.40. The Bertz CT molecular complexity index is 1250. The number of para-hydroxylation sites is 1. The van der Waals surface area contributed by atoms with Crippen LogP contribution >= 0.6 is 0 Å². The van der Waals surface area contributed by atoms with Crippen molar-refractivity contribution in [2.75, 3.05) is 5.32 Å². The predicted molar refractivity (Wildman–Crippen MR) is 120 cm³/mol. The molecule has 162 valence electrons. The minimum Gasteiger partial charge on any atom is -0.361 e. The van der Waals surface area contributed by atoms with Crippen molar-refractivity contribution < 1.29 is 14.4 Å². The first-order valence-electron chi connectivity index (χ1n) is 10.1. The summed E-state index contributed by atoms with van der Waals surface area (Å²) >= 11 is 0. The van der Waals surface area contributed by atoms with E-state index in [1.165, 1.54) is 0 Å². The molecule has 0 saturated carbocycles. The third kappa shape index (κ3) is 5.20. The smallest absolute Gasteiger partial charge is 0.269 e. The van der Waals surface area contributed by atoms with Gasteiger partial charge in [-0.2, -0.15) is 0 Å². The number of carbonyl (C=O) groups excluding carboxylic acids is 3. The second kappa shape index (κ2) is 9.61. The van der Waals surface area contributed by atoms with E-state index >= 15 is 0 Å². The largest absolute Gasteiger partial charge is 0.361 e. The Balaban J connectivity index is 1.28. The number of aromatic amines is 1. The Labute approximate surface area is 183 Å². The van der Waals surface area contributed by atoms with Gasteiger partial charge in [0.15, 0.2) is 0 Å². The summed E-state index contributed by atoms with van der Waals surface area (Å²) in [5, 5.41) is 3.73. The highest BCUT2D eigenvalue weighted by molar-refractivity contribution is 5.98. The lowest BCUT2D eigenvalue weighted by molar-refractivity contribution is -0.121. The first kappa shape index (κ1) is 20.9. The van der Waals surface area contributed by atoms with Gasteiger partial charge in [0.25, 0.3) is 5.91 Å². The van der Waals surface area contributed by atoms with Crippen LogP contribution in [0.3, 0.4) is 0 Å². The summed E-state index contributed by atoms with van der Waals surface area (Å²) in [6, 6.07) is 14.2. The highest BCUT2D eigenvalue weighted by Crippen LogP contribution is 2.18. The van der Waals surface area contributed by atoms with Crippen LogP contribution in [0.25, 0.3) is 10.9 Å². The van der Waals surface area contributed by atoms with Crippen molar-refractivity contribution in [2.45, 2.75) is 19.4 Å². The van der Waals surface area contributed by atoms with Crippen molar-refractivity contribution in [3.63, 3.8) is 0 Å². The number of fused-ring (bicyclic) bond motifs is 1. The van der Waals surface area contributed by atoms with Gasteiger partial charge in [-0.25, -0.2) is 4.98 Å². The van der Waals surface area contributed by atoms with Gasteiger partial charge in [-0.3, -0.25) is 25.2 Å². The summed E-state index contributed by atoms with van der Waals surface area (Å²) < 4.78 is 1.81. The molecular formula is C23H22N6O3. The molecule has 0 radical (unpaired) electrons. The lowest BCUT2D eigenvalue weighted by Gasteiger charge is -2.09. The van der Waals surface area contributed by atoms with Crippen molar-refractivity contribution >= 4 is 34.3 Å². The minimum atomic E-state index is -0.480. The predicted octanol–water partition coefficient (Wildman–Crippen LogP) is 2.40. The molecule has 2 aromatic heterocycles. The molecule has 9 heteroatoms. The molecular weight excluding hydrogens is 408 g/mol. The van der Waals surface area contributed by atoms with E-state index in [0.29, 0.717) is 17.8 Å². The fourth-order valence-corrected chi connectivity index (χ4v) is 3.31. The van der Waals surface area contributed by atoms with Gasteiger partial charge in [0.05, 0.1) is 12.7 Å². The van der Waals surface area contributed by atoms with Crippen molar-refractivity contribution in [1.82, 2.24) is 25.4 Å². The number of hydrogen-bond acceptors (Lipinski definition) is 4. The first-order valence-corrected chi connectivity index (χ1v) is 10.1. The van der Waals surface area contributed by atoms with Crippen LogP contribution in [0.4, 0.5) is 5.69 Å². The van der Waals surface area contributed by atoms with Gasteiger partial charge >= 0.3 is 0 Å². The number of carbonyl (C=O) groups is 3. The quantitative estimate of drug-likeness (QED) is 0.336. The average molecular weight is 430 g/mol. The van der Waals surface area contributed by atoms with Gasteiger partial charge in [0.1, 0.15) is 0 Å². The fraction of sp³-hybridized carbons (Fsp3) is 0.130. The zero-order chi connectivity index (χ0) is 22.3. The number of benzene rings is 2. The third-order valence-electron chi connectivity index (χ3n) is 4.91. The van der Waals surface area contributed by atoms with Crippen molar-refractivity contribution in [2.24, 2.45) is 0 Å². The van der Waals surface area contributed by atoms with Crippen LogP contribution in [0.2, 0.25) is 0 Å². The zero-order valence-corrected chi connectivity index (χ0v) is 17.2. The summed E-state index contributed by atoms with van der Waals surface area (Å²) in [5.41, 5.74) is 7.44. The lowest BCUT2D eigenvalue weighted by atomic mass is 10.1. The Morgan fingerprint density at radius 2 is 1.88 bits per heavy atom. The van der Waals surface area contributed by atoms with E-state index in [-0.39, 0.29) is 24.7 Å². The van der Waals surface area contributed by atoms with E-state index in [2.05, 4.69) is 26.1 Å². The van der Waals surface area contributed by atoms with E-state index in [0.717, 1.165) is 16.5 Å². The molecule has 0 unspecified atom stereocenters. The minimum absolute atomic E-state index is 0.122. The molecule has 0 atom stereocenters. The summed E-state index contributed by atoms with van der Waals surface area (Å²) in [6.07, 6.45) is 7.26. The van der Waals surface area contributed by atoms with Crippen LogP contribution in [0.1, 0.15) is 22.3 Å². The van der Waals surface area contributed by atoms with E-state index in [9.17, 15) is 14.4 Å². The second-order valence-electron chi connectivity index (χ2n) is 7.22. The molecule has 2 aromatic carbocycles. The second-order valence-corrected chi connectivity index (χ2v) is 7.22. The molecule has 2 heterocycles. The molecule has 32 heavy (non-hydrogen) atoms. The highest BCUT2D eigenvalue weighted by Gasteiger charge is 2.12. The number of nitrogens with zero attached hydrogens (tertiary/aromatic N) is 2. The van der Waals surface area contributed by atoms with E-state index in [1.54, 1.807) is 49.2 Å². The van der Waals surface area contributed by atoms with Crippen molar-refractivity contribution in [3.8, 4) is 0 Å². The lowest BCUT2D eigenvalue weighted by Crippen LogP contribution is -2.42. The number of aromatic nitrogens is 3. The van der Waals surface area contributed by atoms with E-state index in [4.69, 9.17) is 0 Å². The molecule has 3 amide bonds. The van der Waals surface area contributed by atoms with Crippen LogP contribution in [-0.2, 0) is 22.6 Å². The summed E-state index contributed by atoms with van der Waals surface area (Å²) in [5.74, 6) is -0.998. The van der Waals surface area contributed by atoms with E-state index in [1.807, 2.05) is 28.8 Å². The number of amides is 3. The number of imidazole rings is 1. The number of hydrogen-bond donors (Lipinski definition) is 4. The van der Waals surface area contributed by atoms with Gasteiger partial charge < -0.3 is 14.9 Å². The standard InChI is InChI=1S/C23H22N6O3/c30-21(8-10-29-11-9-24-15-29)26-18-5-3-4-16(12-18)23(32)28-27-22(31)13-17-14-25-20-7-2-1-6-19(17)20/h1-7,9,11-12,14-15,25H,8,10,13H2,(H,26,30)(H,27,31)(H,28,32). The van der Waals surface area contributed by atoms with Crippen LogP contribution < -0.4 is 16.2 Å². The van der Waals surface area contributed by atoms with Crippen LogP contribution in [-0.4, -0.2) is 32.3 Å². The molecule has 0 fully saturated rings. The van der Waals surface area contributed by atoms with Crippen molar-refractivity contribution in [3.05, 3.63) is 84.6 Å². The third-order valence-corrected chi connectivity index (χ3v) is 4.91. The van der Waals surface area contributed by atoms with Gasteiger partial charge in [-0.15, -0.1) is 0 Å². The van der Waals surface area contributed by atoms with Crippen LogP contribution in [0, 0.1) is 0 Å². The van der Waals surface area contributed by atoms with E-state index < -0.39 is 5.91 Å². The fourth-order valence-electron chi connectivity index (χ4n) is 3.31. The maximum absolute atomic E-state index is 12.4. The number of hydrazine groups is 1. The number of rotatable bonds is 7. The SMILES string of the molecule is O=C(Cc1c[nH]c2ccccc12)NNC(=O)c1cccc(NC(=O)CCn2ccnc2)c1. The summed E-state index contributed by atoms with van der Waals surface area (Å²) in [6.45, 7) is 0.508. The van der Waals surface area contributed by atoms with Gasteiger partial charge in [-0.1, -0.05) is 24.3 Å². The molecule has 4 N–H and O–H groups in total. The topological polar surface area (TPSA) is 121 Å². The monoisotopic (exact) mass is 430 g/mol. The van der Waals surface area contributed by atoms with Gasteiger partial charge in [0, 0.05) is 53.7 Å². The molecule has 0 aliphatic carbocycles. The number of H-pyrrole nitrogens is 1. The summed E-state index contributed by atoms with van der Waals surface area (Å²) in [7, 11) is 0. The number of aryl methyl sites for hydroxylation is 1. The average Bonchev–Trinajstić information content (AvgIpc) is 3.47. The van der Waals surface area contributed by atoms with Crippen LogP contribution in [0.5, 0.6) is 0 Å². The van der Waals surface area contributed by atoms with Gasteiger partial charge in [-0.05, 0) is 29.8 Å². The molecule has 0 bridgehead atoms. The zero-order valence-electron chi connectivity index (χ0n) is 17.2. The molecule has 0 saturated heterocycles. The normalized spacial score (nSPS) is 10.6. The molecule has 9 nitrogen and oxygen atoms in total. The van der Waals surface area contributed by atoms with Gasteiger partial charge in [0.2, 0.25) is 11.8 Å². The maximum Gasteiger partial charge on any atom is 0.269 e. The Morgan fingerprint density at radius 3 is 2.72 bits per heavy atom. The molecule has 0 spiro atoms. The van der Waals surface area contributed by atoms with Crippen LogP contribution in [0.15, 0.2) is 73.4 Å². The first-order chi connectivity index (χ1) is 15.6. The maximum atomic E-state index is 12.4. The number of anilines is 1. The Kier molecular flexibility index (Phi) is 6.26. The molecule has 4 rings (SSSR count). The molecule has 0 aliphatic heterocycles. The number of nitrogens with one attached hydrogen (secondary N) is 4. The Morgan fingerprint density at radius 1 is 1.00 bits per heavy atom. The molecule has 4 aromatic rings. The molecule has 0 aliphatic rings. The van der Waals surface area contributed by atoms with Crippen molar-refractivity contribution in [1.29, 1.82) is 0 Å². The summed E-state index contributed by atoms with van der Waals surface area (Å²) in [4.78, 5) is 43.9. The highest BCUT2D eigenvalue weighted by atomic mass is 16.2.